The van der Waals surface area contributed by atoms with Gasteiger partial charge in [-0.3, -0.25) is 0 Å². The molecule has 126 valence electrons. The minimum absolute atomic E-state index is 0.476. The Kier molecular flexibility index (Phi) is 5.76. The van der Waals surface area contributed by atoms with Gasteiger partial charge >= 0.3 is 6.09 Å². The fourth-order valence-corrected chi connectivity index (χ4v) is 3.50. The molecule has 0 spiro atoms. The van der Waals surface area contributed by atoms with Crippen molar-refractivity contribution in [3.8, 4) is 5.75 Å². The lowest BCUT2D eigenvalue weighted by Crippen LogP contribution is -2.28. The van der Waals surface area contributed by atoms with Gasteiger partial charge in [-0.05, 0) is 36.0 Å². The fraction of sp³-hybridized carbons (Fsp3) is 0.350. The van der Waals surface area contributed by atoms with Crippen LogP contribution in [0, 0.1) is 0 Å². The topological polar surface area (TPSA) is 38.3 Å². The van der Waals surface area contributed by atoms with E-state index in [1.807, 2.05) is 48.5 Å². The van der Waals surface area contributed by atoms with Crippen LogP contribution in [-0.2, 0) is 0 Å². The zero-order chi connectivity index (χ0) is 16.8. The van der Waals surface area contributed by atoms with Gasteiger partial charge in [-0.15, -0.1) is 0 Å². The van der Waals surface area contributed by atoms with Gasteiger partial charge in [-0.2, -0.15) is 0 Å². The molecule has 2 aromatic rings. The first-order valence-electron chi connectivity index (χ1n) is 8.50. The first-order chi connectivity index (χ1) is 11.7. The molecule has 0 radical (unpaired) electrons. The molecule has 0 aromatic heterocycles. The molecule has 2 aromatic carbocycles. The predicted octanol–water partition coefficient (Wildman–Crippen LogP) is 5.76. The summed E-state index contributed by atoms with van der Waals surface area (Å²) in [5.74, 6) is 1.11. The molecule has 1 unspecified atom stereocenters. The third kappa shape index (κ3) is 4.30. The van der Waals surface area contributed by atoms with Crippen molar-refractivity contribution >= 4 is 17.7 Å². The molecule has 0 aliphatic heterocycles. The number of amides is 1. The minimum Gasteiger partial charge on any atom is -0.410 e. The van der Waals surface area contributed by atoms with Crippen LogP contribution in [0.5, 0.6) is 5.75 Å². The Hall–Kier alpha value is -2.00. The van der Waals surface area contributed by atoms with Crippen LogP contribution < -0.4 is 10.1 Å². The van der Waals surface area contributed by atoms with Crippen LogP contribution in [0.3, 0.4) is 0 Å². The summed E-state index contributed by atoms with van der Waals surface area (Å²) in [5, 5.41) is 2.68. The van der Waals surface area contributed by atoms with Crippen LogP contribution in [0.25, 0.3) is 0 Å². The van der Waals surface area contributed by atoms with E-state index in [2.05, 4.69) is 11.4 Å². The number of rotatable bonds is 4. The molecule has 1 N–H and O–H groups in total. The lowest BCUT2D eigenvalue weighted by atomic mass is 9.84. The molecule has 0 heterocycles. The smallest absolute Gasteiger partial charge is 0.410 e. The Morgan fingerprint density at radius 1 is 1.00 bits per heavy atom. The largest absolute Gasteiger partial charge is 0.414 e. The highest BCUT2D eigenvalue weighted by Crippen LogP contribution is 2.37. The number of carbonyl (C=O) groups is 1. The van der Waals surface area contributed by atoms with Gasteiger partial charge < -0.3 is 10.1 Å². The zero-order valence-electron chi connectivity index (χ0n) is 13.6. The number of alkyl halides is 1. The first kappa shape index (κ1) is 16.8. The highest BCUT2D eigenvalue weighted by molar-refractivity contribution is 6.21. The Labute approximate surface area is 148 Å². The van der Waals surface area contributed by atoms with Gasteiger partial charge in [0.25, 0.3) is 0 Å². The van der Waals surface area contributed by atoms with E-state index < -0.39 is 11.6 Å². The van der Waals surface area contributed by atoms with Crippen molar-refractivity contribution in [1.82, 2.24) is 5.32 Å². The van der Waals surface area contributed by atoms with Crippen LogP contribution in [0.1, 0.15) is 54.6 Å². The quantitative estimate of drug-likeness (QED) is 0.566. The number of benzene rings is 2. The van der Waals surface area contributed by atoms with Gasteiger partial charge in [0, 0.05) is 0 Å². The van der Waals surface area contributed by atoms with Gasteiger partial charge in [0.05, 0.1) is 0 Å². The molecule has 24 heavy (non-hydrogen) atoms. The summed E-state index contributed by atoms with van der Waals surface area (Å²) in [6.07, 6.45) is 5.56. The number of carbonyl (C=O) groups excluding carboxylic acids is 1. The minimum atomic E-state index is -0.611. The molecule has 1 atom stereocenters. The number of hydrogen-bond acceptors (Lipinski definition) is 2. The summed E-state index contributed by atoms with van der Waals surface area (Å²) < 4.78 is 5.56. The van der Waals surface area contributed by atoms with E-state index >= 15 is 0 Å². The summed E-state index contributed by atoms with van der Waals surface area (Å²) in [5.41, 5.74) is 1.34. The lowest BCUT2D eigenvalue weighted by molar-refractivity contribution is 0.198. The van der Waals surface area contributed by atoms with Crippen molar-refractivity contribution in [2.45, 2.75) is 43.5 Å². The molecule has 0 bridgehead atoms. The van der Waals surface area contributed by atoms with E-state index in [-0.39, 0.29) is 0 Å². The van der Waals surface area contributed by atoms with Crippen LogP contribution in [0.4, 0.5) is 4.79 Å². The Balaban J connectivity index is 1.66. The molecular weight excluding hydrogens is 322 g/mol. The third-order valence-electron chi connectivity index (χ3n) is 4.50. The highest BCUT2D eigenvalue weighted by Gasteiger charge is 2.21. The number of halogens is 1. The maximum atomic E-state index is 12.2. The van der Waals surface area contributed by atoms with Crippen molar-refractivity contribution < 1.29 is 9.53 Å². The SMILES string of the molecule is O=C(NC(Cl)c1ccccc1)Oc1ccccc1C1CCCCC1. The van der Waals surface area contributed by atoms with Crippen molar-refractivity contribution in [2.75, 3.05) is 0 Å². The van der Waals surface area contributed by atoms with Crippen LogP contribution in [0.2, 0.25) is 0 Å². The van der Waals surface area contributed by atoms with E-state index in [1.165, 1.54) is 19.3 Å². The van der Waals surface area contributed by atoms with Crippen molar-refractivity contribution in [3.63, 3.8) is 0 Å². The second kappa shape index (κ2) is 8.20. The molecule has 3 nitrogen and oxygen atoms in total. The Bertz CT molecular complexity index is 668. The summed E-state index contributed by atoms with van der Waals surface area (Å²) in [6.45, 7) is 0. The molecule has 1 aliphatic rings. The monoisotopic (exact) mass is 343 g/mol. The molecular formula is C20H22ClNO2. The molecule has 1 amide bonds. The maximum absolute atomic E-state index is 12.2. The first-order valence-corrected chi connectivity index (χ1v) is 8.94. The fourth-order valence-electron chi connectivity index (χ4n) is 3.26. The molecule has 3 rings (SSSR count). The molecule has 1 fully saturated rings. The van der Waals surface area contributed by atoms with Gasteiger partial charge in [0.1, 0.15) is 11.3 Å². The van der Waals surface area contributed by atoms with Crippen LogP contribution >= 0.6 is 11.6 Å². The number of ether oxygens (including phenoxy) is 1. The average molecular weight is 344 g/mol. The lowest BCUT2D eigenvalue weighted by Gasteiger charge is -2.24. The maximum Gasteiger partial charge on any atom is 0.414 e. The van der Waals surface area contributed by atoms with Gasteiger partial charge in [0.15, 0.2) is 0 Å². The Morgan fingerprint density at radius 3 is 2.42 bits per heavy atom. The summed E-state index contributed by atoms with van der Waals surface area (Å²) >= 11 is 6.24. The second-order valence-corrected chi connectivity index (χ2v) is 6.62. The van der Waals surface area contributed by atoms with Crippen molar-refractivity contribution in [1.29, 1.82) is 0 Å². The molecule has 4 heteroatoms. The predicted molar refractivity (Wildman–Crippen MR) is 96.5 cm³/mol. The molecule has 0 saturated heterocycles. The standard InChI is InChI=1S/C20H22ClNO2/c21-19(16-11-5-2-6-12-16)22-20(23)24-18-14-8-7-13-17(18)15-9-3-1-4-10-15/h2,5-8,11-15,19H,1,3-4,9-10H2,(H,22,23). The van der Waals surface area contributed by atoms with E-state index in [0.29, 0.717) is 11.7 Å². The zero-order valence-corrected chi connectivity index (χ0v) is 14.3. The summed E-state index contributed by atoms with van der Waals surface area (Å²) in [7, 11) is 0. The Morgan fingerprint density at radius 2 is 1.67 bits per heavy atom. The number of para-hydroxylation sites is 1. The van der Waals surface area contributed by atoms with Gasteiger partial charge in [-0.25, -0.2) is 4.79 Å². The van der Waals surface area contributed by atoms with E-state index in [9.17, 15) is 4.79 Å². The van der Waals surface area contributed by atoms with Gasteiger partial charge in [0.2, 0.25) is 0 Å². The van der Waals surface area contributed by atoms with E-state index in [1.54, 1.807) is 0 Å². The van der Waals surface area contributed by atoms with Crippen LogP contribution in [-0.4, -0.2) is 6.09 Å². The van der Waals surface area contributed by atoms with Crippen LogP contribution in [0.15, 0.2) is 54.6 Å². The average Bonchev–Trinajstić information content (AvgIpc) is 2.63. The second-order valence-electron chi connectivity index (χ2n) is 6.18. The van der Waals surface area contributed by atoms with E-state index in [0.717, 1.165) is 24.0 Å². The van der Waals surface area contributed by atoms with E-state index in [4.69, 9.17) is 16.3 Å². The third-order valence-corrected chi connectivity index (χ3v) is 4.86. The van der Waals surface area contributed by atoms with Crippen molar-refractivity contribution in [3.05, 3.63) is 65.7 Å². The number of nitrogens with one attached hydrogen (secondary N) is 1. The molecule has 1 aliphatic carbocycles. The highest BCUT2D eigenvalue weighted by atomic mass is 35.5. The molecule has 1 saturated carbocycles. The normalized spacial score (nSPS) is 16.4. The number of hydrogen-bond donors (Lipinski definition) is 1. The van der Waals surface area contributed by atoms with Gasteiger partial charge in [-0.1, -0.05) is 79.4 Å². The van der Waals surface area contributed by atoms with Crippen molar-refractivity contribution in [2.24, 2.45) is 0 Å². The summed E-state index contributed by atoms with van der Waals surface area (Å²) in [4.78, 5) is 12.2. The summed E-state index contributed by atoms with van der Waals surface area (Å²) in [6, 6.07) is 17.2.